The Morgan fingerprint density at radius 3 is 2.88 bits per heavy atom. The lowest BCUT2D eigenvalue weighted by molar-refractivity contribution is 0.724. The van der Waals surface area contributed by atoms with Crippen molar-refractivity contribution in [1.82, 2.24) is 20.4 Å². The number of guanidine groups is 1. The van der Waals surface area contributed by atoms with Crippen LogP contribution < -0.4 is 10.6 Å². The largest absolute Gasteiger partial charge is 0.356 e. The predicted octanol–water partition coefficient (Wildman–Crippen LogP) is 3.09. The van der Waals surface area contributed by atoms with Crippen molar-refractivity contribution in [3.8, 4) is 5.69 Å². The highest BCUT2D eigenvalue weighted by Crippen LogP contribution is 2.25. The van der Waals surface area contributed by atoms with E-state index in [1.165, 1.54) is 24.2 Å². The van der Waals surface area contributed by atoms with Gasteiger partial charge in [0.15, 0.2) is 5.96 Å². The molecule has 1 aliphatic rings. The first-order chi connectivity index (χ1) is 11.8. The van der Waals surface area contributed by atoms with Gasteiger partial charge < -0.3 is 10.6 Å². The highest BCUT2D eigenvalue weighted by molar-refractivity contribution is 14.0. The maximum absolute atomic E-state index is 4.43. The summed E-state index contributed by atoms with van der Waals surface area (Å²) in [6.45, 7) is 1.84. The minimum absolute atomic E-state index is 0. The zero-order valence-corrected chi connectivity index (χ0v) is 17.7. The number of aliphatic imine (C=N–C) groups is 1. The van der Waals surface area contributed by atoms with Crippen LogP contribution in [-0.2, 0) is 6.42 Å². The molecule has 1 atom stereocenters. The molecule has 0 saturated carbocycles. The Hall–Kier alpha value is -1.22. The fourth-order valence-corrected chi connectivity index (χ4v) is 3.97. The minimum Gasteiger partial charge on any atom is -0.356 e. The van der Waals surface area contributed by atoms with Gasteiger partial charge >= 0.3 is 0 Å². The van der Waals surface area contributed by atoms with E-state index in [4.69, 9.17) is 0 Å². The van der Waals surface area contributed by atoms with Gasteiger partial charge in [0, 0.05) is 31.6 Å². The van der Waals surface area contributed by atoms with Crippen molar-refractivity contribution in [2.75, 3.05) is 25.9 Å². The first-order valence-electron chi connectivity index (χ1n) is 8.50. The smallest absolute Gasteiger partial charge is 0.191 e. The number of benzene rings is 1. The molecule has 2 aromatic rings. The Kier molecular flexibility index (Phi) is 8.60. The van der Waals surface area contributed by atoms with Gasteiger partial charge in [0.1, 0.15) is 0 Å². The molecule has 1 aliphatic heterocycles. The van der Waals surface area contributed by atoms with E-state index in [1.54, 1.807) is 0 Å². The molecule has 1 unspecified atom stereocenters. The summed E-state index contributed by atoms with van der Waals surface area (Å²) in [7, 11) is 1.82. The lowest BCUT2D eigenvalue weighted by Crippen LogP contribution is -2.40. The van der Waals surface area contributed by atoms with Crippen LogP contribution in [-0.4, -0.2) is 46.9 Å². The van der Waals surface area contributed by atoms with E-state index in [0.29, 0.717) is 0 Å². The van der Waals surface area contributed by atoms with Crippen LogP contribution in [0.5, 0.6) is 0 Å². The molecule has 1 fully saturated rings. The average Bonchev–Trinajstić information content (AvgIpc) is 3.30. The molecule has 0 spiro atoms. The summed E-state index contributed by atoms with van der Waals surface area (Å²) < 4.78 is 1.92. The van der Waals surface area contributed by atoms with Gasteiger partial charge in [-0.25, -0.2) is 4.68 Å². The van der Waals surface area contributed by atoms with E-state index < -0.39 is 0 Å². The maximum Gasteiger partial charge on any atom is 0.191 e. The fourth-order valence-electron chi connectivity index (χ4n) is 2.77. The molecule has 0 radical (unpaired) electrons. The van der Waals surface area contributed by atoms with Crippen molar-refractivity contribution >= 4 is 41.7 Å². The van der Waals surface area contributed by atoms with Crippen molar-refractivity contribution < 1.29 is 0 Å². The van der Waals surface area contributed by atoms with E-state index in [-0.39, 0.29) is 24.0 Å². The van der Waals surface area contributed by atoms with Crippen LogP contribution >= 0.6 is 35.7 Å². The van der Waals surface area contributed by atoms with Gasteiger partial charge in [-0.05, 0) is 42.7 Å². The summed E-state index contributed by atoms with van der Waals surface area (Å²) in [4.78, 5) is 4.30. The van der Waals surface area contributed by atoms with Crippen molar-refractivity contribution in [2.45, 2.75) is 24.5 Å². The maximum atomic E-state index is 4.43. The molecule has 1 aromatic heterocycles. The highest BCUT2D eigenvalue weighted by Gasteiger charge is 2.15. The number of nitrogens with zero attached hydrogens (tertiary/aromatic N) is 3. The molecule has 2 N–H and O–H groups in total. The number of hydrogen-bond donors (Lipinski definition) is 2. The second-order valence-electron chi connectivity index (χ2n) is 5.89. The van der Waals surface area contributed by atoms with E-state index in [1.807, 2.05) is 36.1 Å². The molecule has 3 rings (SSSR count). The minimum atomic E-state index is 0. The Labute approximate surface area is 171 Å². The van der Waals surface area contributed by atoms with Gasteiger partial charge in [0.05, 0.1) is 11.9 Å². The van der Waals surface area contributed by atoms with E-state index in [2.05, 4.69) is 50.8 Å². The molecule has 2 heterocycles. The van der Waals surface area contributed by atoms with Gasteiger partial charge in [-0.1, -0.05) is 18.2 Å². The fraction of sp³-hybridized carbons (Fsp3) is 0.444. The molecular weight excluding hydrogens is 445 g/mol. The molecule has 7 heteroatoms. The molecule has 0 amide bonds. The van der Waals surface area contributed by atoms with Gasteiger partial charge in [-0.2, -0.15) is 16.9 Å². The number of halogens is 1. The van der Waals surface area contributed by atoms with Crippen molar-refractivity contribution in [3.05, 3.63) is 48.3 Å². The Bertz CT molecular complexity index is 652. The summed E-state index contributed by atoms with van der Waals surface area (Å²) in [5.74, 6) is 2.18. The number of para-hydroxylation sites is 1. The normalized spacial score (nSPS) is 17.2. The number of rotatable bonds is 6. The summed E-state index contributed by atoms with van der Waals surface area (Å²) in [5, 5.41) is 12.0. The quantitative estimate of drug-likeness (QED) is 0.386. The van der Waals surface area contributed by atoms with E-state index in [9.17, 15) is 0 Å². The molecule has 5 nitrogen and oxygen atoms in total. The molecule has 0 bridgehead atoms. The average molecular weight is 471 g/mol. The summed E-state index contributed by atoms with van der Waals surface area (Å²) >= 11 is 2.06. The number of aromatic nitrogens is 2. The summed E-state index contributed by atoms with van der Waals surface area (Å²) in [6.07, 6.45) is 7.59. The van der Waals surface area contributed by atoms with Crippen molar-refractivity contribution in [3.63, 3.8) is 0 Å². The predicted molar refractivity (Wildman–Crippen MR) is 118 cm³/mol. The third kappa shape index (κ3) is 6.22. The number of thioether (sulfide) groups is 1. The SMILES string of the molecule is CN=C(NCCc1cnn(-c2ccccc2)c1)NCC1CCCS1.I. The summed E-state index contributed by atoms with van der Waals surface area (Å²) in [6, 6.07) is 10.2. The molecular formula is C18H26IN5S. The number of hydrogen-bond acceptors (Lipinski definition) is 3. The zero-order valence-electron chi connectivity index (χ0n) is 14.5. The first-order valence-corrected chi connectivity index (χ1v) is 9.55. The van der Waals surface area contributed by atoms with E-state index in [0.717, 1.165) is 36.4 Å². The first kappa shape index (κ1) is 20.1. The van der Waals surface area contributed by atoms with Gasteiger partial charge in [0.2, 0.25) is 0 Å². The summed E-state index contributed by atoms with van der Waals surface area (Å²) in [5.41, 5.74) is 2.30. The number of nitrogens with one attached hydrogen (secondary N) is 2. The van der Waals surface area contributed by atoms with E-state index >= 15 is 0 Å². The van der Waals surface area contributed by atoms with Gasteiger partial charge in [-0.15, -0.1) is 24.0 Å². The third-order valence-electron chi connectivity index (χ3n) is 4.11. The van der Waals surface area contributed by atoms with Crippen LogP contribution in [0.3, 0.4) is 0 Å². The van der Waals surface area contributed by atoms with Crippen LogP contribution in [0.1, 0.15) is 18.4 Å². The van der Waals surface area contributed by atoms with Gasteiger partial charge in [0.25, 0.3) is 0 Å². The molecule has 1 aromatic carbocycles. The lowest BCUT2D eigenvalue weighted by Gasteiger charge is -2.14. The molecule has 1 saturated heterocycles. The topological polar surface area (TPSA) is 54.2 Å². The second-order valence-corrected chi connectivity index (χ2v) is 7.30. The monoisotopic (exact) mass is 471 g/mol. The van der Waals surface area contributed by atoms with Crippen molar-refractivity contribution in [1.29, 1.82) is 0 Å². The molecule has 0 aliphatic carbocycles. The van der Waals surface area contributed by atoms with Gasteiger partial charge in [-0.3, -0.25) is 4.99 Å². The second kappa shape index (κ2) is 10.7. The highest BCUT2D eigenvalue weighted by atomic mass is 127. The van der Waals surface area contributed by atoms with Crippen LogP contribution in [0.2, 0.25) is 0 Å². The van der Waals surface area contributed by atoms with Crippen LogP contribution in [0.4, 0.5) is 0 Å². The molecule has 136 valence electrons. The third-order valence-corrected chi connectivity index (χ3v) is 5.51. The van der Waals surface area contributed by atoms with Crippen LogP contribution in [0, 0.1) is 0 Å². The Morgan fingerprint density at radius 2 is 2.16 bits per heavy atom. The Morgan fingerprint density at radius 1 is 1.32 bits per heavy atom. The standard InChI is InChI=1S/C18H25N5S.HI/c1-19-18(21-13-17-8-5-11-24-17)20-10-9-15-12-22-23(14-15)16-6-3-2-4-7-16;/h2-4,6-7,12,14,17H,5,8-11,13H2,1H3,(H2,19,20,21);1H. The van der Waals surface area contributed by atoms with Crippen molar-refractivity contribution in [2.24, 2.45) is 4.99 Å². The van der Waals surface area contributed by atoms with Crippen LogP contribution in [0.15, 0.2) is 47.7 Å². The molecule has 25 heavy (non-hydrogen) atoms. The lowest BCUT2D eigenvalue weighted by atomic mass is 10.2. The van der Waals surface area contributed by atoms with Crippen LogP contribution in [0.25, 0.3) is 5.69 Å². The zero-order chi connectivity index (χ0) is 16.6. The Balaban J connectivity index is 0.00000225.